The van der Waals surface area contributed by atoms with Gasteiger partial charge in [-0.25, -0.2) is 0 Å². The van der Waals surface area contributed by atoms with E-state index in [2.05, 4.69) is 15.5 Å². The Hall–Kier alpha value is -2.32. The van der Waals surface area contributed by atoms with Crippen molar-refractivity contribution in [3.8, 4) is 0 Å². The maximum absolute atomic E-state index is 12.8. The van der Waals surface area contributed by atoms with E-state index in [9.17, 15) is 18.0 Å². The quantitative estimate of drug-likeness (QED) is 0.831. The van der Waals surface area contributed by atoms with E-state index < -0.39 is 11.9 Å². The fourth-order valence-electron chi connectivity index (χ4n) is 2.74. The SMILES string of the molecule is CCn1nccc1CNC(=O)CCn1nc(C(F)(F)F)cc1C1CC1. The molecule has 2 heterocycles. The second-order valence-electron chi connectivity index (χ2n) is 6.11. The molecule has 136 valence electrons. The van der Waals surface area contributed by atoms with Gasteiger partial charge in [-0.3, -0.25) is 14.2 Å². The lowest BCUT2D eigenvalue weighted by atomic mass is 10.2. The number of rotatable bonds is 7. The summed E-state index contributed by atoms with van der Waals surface area (Å²) in [4.78, 5) is 12.0. The van der Waals surface area contributed by atoms with Crippen molar-refractivity contribution in [1.29, 1.82) is 0 Å². The van der Waals surface area contributed by atoms with E-state index >= 15 is 0 Å². The summed E-state index contributed by atoms with van der Waals surface area (Å²) in [6, 6.07) is 2.92. The smallest absolute Gasteiger partial charge is 0.350 e. The van der Waals surface area contributed by atoms with Gasteiger partial charge in [-0.05, 0) is 31.9 Å². The zero-order chi connectivity index (χ0) is 18.0. The van der Waals surface area contributed by atoms with Crippen molar-refractivity contribution in [2.75, 3.05) is 0 Å². The van der Waals surface area contributed by atoms with E-state index in [-0.39, 0.29) is 24.8 Å². The first-order chi connectivity index (χ1) is 11.9. The topological polar surface area (TPSA) is 64.7 Å². The summed E-state index contributed by atoms with van der Waals surface area (Å²) in [7, 11) is 0. The number of halogens is 3. The van der Waals surface area contributed by atoms with E-state index in [0.717, 1.165) is 24.6 Å². The molecular weight excluding hydrogens is 335 g/mol. The first kappa shape index (κ1) is 17.5. The summed E-state index contributed by atoms with van der Waals surface area (Å²) in [6.45, 7) is 3.14. The molecule has 1 aliphatic carbocycles. The van der Waals surface area contributed by atoms with Crippen LogP contribution in [0.5, 0.6) is 0 Å². The van der Waals surface area contributed by atoms with Crippen LogP contribution in [0.4, 0.5) is 13.2 Å². The largest absolute Gasteiger partial charge is 0.435 e. The van der Waals surface area contributed by atoms with Gasteiger partial charge in [0.1, 0.15) is 0 Å². The molecule has 0 saturated heterocycles. The average molecular weight is 355 g/mol. The molecule has 9 heteroatoms. The summed E-state index contributed by atoms with van der Waals surface area (Å²) >= 11 is 0. The lowest BCUT2D eigenvalue weighted by molar-refractivity contribution is -0.141. The van der Waals surface area contributed by atoms with Gasteiger partial charge in [0.05, 0.1) is 12.2 Å². The minimum absolute atomic E-state index is 0.0823. The van der Waals surface area contributed by atoms with E-state index in [0.29, 0.717) is 18.8 Å². The Kier molecular flexibility index (Phi) is 4.82. The fraction of sp³-hybridized carbons (Fsp3) is 0.562. The molecule has 1 aliphatic rings. The van der Waals surface area contributed by atoms with Crippen molar-refractivity contribution in [1.82, 2.24) is 24.9 Å². The number of amides is 1. The number of alkyl halides is 3. The van der Waals surface area contributed by atoms with E-state index in [4.69, 9.17) is 0 Å². The van der Waals surface area contributed by atoms with E-state index in [1.807, 2.05) is 13.0 Å². The van der Waals surface area contributed by atoms with Crippen molar-refractivity contribution in [3.63, 3.8) is 0 Å². The number of carbonyl (C=O) groups excluding carboxylic acids is 1. The Labute approximate surface area is 143 Å². The molecule has 0 aromatic carbocycles. The Morgan fingerprint density at radius 3 is 2.76 bits per heavy atom. The maximum Gasteiger partial charge on any atom is 0.435 e. The van der Waals surface area contributed by atoms with Crippen LogP contribution >= 0.6 is 0 Å². The number of aromatic nitrogens is 4. The van der Waals surface area contributed by atoms with Crippen LogP contribution in [0.15, 0.2) is 18.3 Å². The first-order valence-corrected chi connectivity index (χ1v) is 8.30. The minimum atomic E-state index is -4.46. The predicted octanol–water partition coefficient (Wildman–Crippen LogP) is 2.70. The Morgan fingerprint density at radius 2 is 2.12 bits per heavy atom. The molecule has 0 aliphatic heterocycles. The summed E-state index contributed by atoms with van der Waals surface area (Å²) in [5, 5.41) is 10.5. The molecule has 1 fully saturated rings. The van der Waals surface area contributed by atoms with Gasteiger partial charge in [0, 0.05) is 37.3 Å². The fourth-order valence-corrected chi connectivity index (χ4v) is 2.74. The highest BCUT2D eigenvalue weighted by atomic mass is 19.4. The number of aryl methyl sites for hydroxylation is 2. The normalized spacial score (nSPS) is 14.7. The summed E-state index contributed by atoms with van der Waals surface area (Å²) in [6.07, 6.45) is -0.976. The van der Waals surface area contributed by atoms with Crippen molar-refractivity contribution < 1.29 is 18.0 Å². The molecule has 0 radical (unpaired) electrons. The van der Waals surface area contributed by atoms with E-state index in [1.54, 1.807) is 10.9 Å². The van der Waals surface area contributed by atoms with Gasteiger partial charge in [-0.1, -0.05) is 0 Å². The second kappa shape index (κ2) is 6.89. The molecule has 0 bridgehead atoms. The summed E-state index contributed by atoms with van der Waals surface area (Å²) < 4.78 is 41.7. The molecule has 2 aromatic heterocycles. The van der Waals surface area contributed by atoms with Crippen molar-refractivity contribution in [2.45, 2.75) is 57.9 Å². The van der Waals surface area contributed by atoms with Crippen molar-refractivity contribution in [3.05, 3.63) is 35.4 Å². The van der Waals surface area contributed by atoms with Crippen molar-refractivity contribution >= 4 is 5.91 Å². The molecule has 6 nitrogen and oxygen atoms in total. The molecule has 1 N–H and O–H groups in total. The number of nitrogens with one attached hydrogen (secondary N) is 1. The molecule has 0 unspecified atom stereocenters. The van der Waals surface area contributed by atoms with Gasteiger partial charge in [0.2, 0.25) is 5.91 Å². The van der Waals surface area contributed by atoms with Gasteiger partial charge < -0.3 is 5.32 Å². The highest BCUT2D eigenvalue weighted by molar-refractivity contribution is 5.75. The lowest BCUT2D eigenvalue weighted by Gasteiger charge is -2.09. The standard InChI is InChI=1S/C16H20F3N5O/c1-2-23-12(5-7-21-23)10-20-15(25)6-8-24-13(11-3-4-11)9-14(22-24)16(17,18)19/h5,7,9,11H,2-4,6,8,10H2,1H3,(H,20,25). The average Bonchev–Trinajstić information content (AvgIpc) is 3.14. The second-order valence-corrected chi connectivity index (χ2v) is 6.11. The van der Waals surface area contributed by atoms with Crippen molar-refractivity contribution in [2.24, 2.45) is 0 Å². The predicted molar refractivity (Wildman–Crippen MR) is 83.6 cm³/mol. The van der Waals surface area contributed by atoms with Crippen LogP contribution in [0.2, 0.25) is 0 Å². The molecule has 0 spiro atoms. The zero-order valence-corrected chi connectivity index (χ0v) is 13.9. The minimum Gasteiger partial charge on any atom is -0.350 e. The first-order valence-electron chi connectivity index (χ1n) is 8.30. The molecule has 25 heavy (non-hydrogen) atoms. The molecule has 0 atom stereocenters. The number of hydrogen-bond donors (Lipinski definition) is 1. The van der Waals surface area contributed by atoms with Crippen LogP contribution < -0.4 is 5.32 Å². The third-order valence-electron chi connectivity index (χ3n) is 4.22. The molecule has 3 rings (SSSR count). The highest BCUT2D eigenvalue weighted by Crippen LogP contribution is 2.42. The molecular formula is C16H20F3N5O. The monoisotopic (exact) mass is 355 g/mol. The van der Waals surface area contributed by atoms with Crippen LogP contribution in [0.1, 0.15) is 49.2 Å². The third-order valence-corrected chi connectivity index (χ3v) is 4.22. The highest BCUT2D eigenvalue weighted by Gasteiger charge is 2.37. The zero-order valence-electron chi connectivity index (χ0n) is 13.9. The molecule has 2 aromatic rings. The van der Waals surface area contributed by atoms with Gasteiger partial charge in [0.15, 0.2) is 5.69 Å². The van der Waals surface area contributed by atoms with Crippen LogP contribution in [-0.2, 0) is 30.6 Å². The third kappa shape index (κ3) is 4.21. The molecule has 1 amide bonds. The Morgan fingerprint density at radius 1 is 1.36 bits per heavy atom. The van der Waals surface area contributed by atoms with Gasteiger partial charge in [-0.2, -0.15) is 23.4 Å². The Balaban J connectivity index is 1.57. The van der Waals surface area contributed by atoms with Crippen LogP contribution in [0.3, 0.4) is 0 Å². The maximum atomic E-state index is 12.8. The summed E-state index contributed by atoms with van der Waals surface area (Å²) in [5.41, 5.74) is 0.568. The number of carbonyl (C=O) groups is 1. The van der Waals surface area contributed by atoms with Gasteiger partial charge in [-0.15, -0.1) is 0 Å². The van der Waals surface area contributed by atoms with Gasteiger partial charge in [0.25, 0.3) is 0 Å². The van der Waals surface area contributed by atoms with Crippen LogP contribution in [0, 0.1) is 0 Å². The molecule has 1 saturated carbocycles. The lowest BCUT2D eigenvalue weighted by Crippen LogP contribution is -2.25. The van der Waals surface area contributed by atoms with Crippen LogP contribution in [-0.4, -0.2) is 25.5 Å². The van der Waals surface area contributed by atoms with Gasteiger partial charge >= 0.3 is 6.18 Å². The number of hydrogen-bond acceptors (Lipinski definition) is 3. The Bertz CT molecular complexity index is 745. The number of nitrogens with zero attached hydrogens (tertiary/aromatic N) is 4. The summed E-state index contributed by atoms with van der Waals surface area (Å²) in [5.74, 6) is -0.0970. The van der Waals surface area contributed by atoms with Crippen LogP contribution in [0.25, 0.3) is 0 Å². The van der Waals surface area contributed by atoms with E-state index in [1.165, 1.54) is 4.68 Å².